The number of amides is 1. The minimum atomic E-state index is -0.284. The Bertz CT molecular complexity index is 175. The molecule has 1 heterocycles. The van der Waals surface area contributed by atoms with Crippen molar-refractivity contribution in [1.82, 2.24) is 4.90 Å². The van der Waals surface area contributed by atoms with Crippen molar-refractivity contribution in [2.75, 3.05) is 26.2 Å². The lowest BCUT2D eigenvalue weighted by molar-refractivity contribution is 0.134. The summed E-state index contributed by atoms with van der Waals surface area (Å²) in [4.78, 5) is 12.8. The Hall–Kier alpha value is -0.810. The predicted octanol–water partition coefficient (Wildman–Crippen LogP) is -0.462. The summed E-state index contributed by atoms with van der Waals surface area (Å²) < 4.78 is 4.95. The monoisotopic (exact) mass is 188 g/mol. The van der Waals surface area contributed by atoms with Crippen molar-refractivity contribution in [2.45, 2.75) is 18.9 Å². The van der Waals surface area contributed by atoms with Crippen LogP contribution in [-0.4, -0.2) is 48.4 Å². The standard InChI is InChI=1S/C8H16N2O3/c9-5-7-6-10(8(12)13-7)3-1-2-4-11/h7,11H,1-6,9H2. The maximum Gasteiger partial charge on any atom is 0.410 e. The first-order chi connectivity index (χ1) is 6.27. The topological polar surface area (TPSA) is 75.8 Å². The molecule has 0 radical (unpaired) electrons. The lowest BCUT2D eigenvalue weighted by atomic mass is 10.3. The summed E-state index contributed by atoms with van der Waals surface area (Å²) in [5, 5.41) is 8.55. The van der Waals surface area contributed by atoms with Crippen molar-refractivity contribution in [1.29, 1.82) is 0 Å². The number of ether oxygens (including phenoxy) is 1. The van der Waals surface area contributed by atoms with Crippen LogP contribution in [0.5, 0.6) is 0 Å². The third-order valence-electron chi connectivity index (χ3n) is 2.05. The first kappa shape index (κ1) is 10.3. The highest BCUT2D eigenvalue weighted by molar-refractivity contribution is 5.69. The Morgan fingerprint density at radius 3 is 2.92 bits per heavy atom. The molecule has 0 bridgehead atoms. The van der Waals surface area contributed by atoms with Crippen molar-refractivity contribution in [3.05, 3.63) is 0 Å². The molecule has 1 rings (SSSR count). The molecule has 0 saturated carbocycles. The zero-order valence-corrected chi connectivity index (χ0v) is 7.61. The molecule has 1 aliphatic rings. The highest BCUT2D eigenvalue weighted by Gasteiger charge is 2.29. The van der Waals surface area contributed by atoms with Gasteiger partial charge in [-0.25, -0.2) is 4.79 Å². The molecule has 0 aromatic rings. The zero-order valence-electron chi connectivity index (χ0n) is 7.61. The number of carbonyl (C=O) groups is 1. The number of hydrogen-bond acceptors (Lipinski definition) is 4. The maximum atomic E-state index is 11.1. The van der Waals surface area contributed by atoms with E-state index in [4.69, 9.17) is 15.6 Å². The molecule has 1 saturated heterocycles. The van der Waals surface area contributed by atoms with Crippen molar-refractivity contribution >= 4 is 6.09 Å². The molecule has 5 nitrogen and oxygen atoms in total. The van der Waals surface area contributed by atoms with E-state index in [-0.39, 0.29) is 18.8 Å². The quantitative estimate of drug-likeness (QED) is 0.572. The third kappa shape index (κ3) is 2.86. The molecule has 1 atom stereocenters. The van der Waals surface area contributed by atoms with E-state index in [0.717, 1.165) is 12.8 Å². The second kappa shape index (κ2) is 5.04. The van der Waals surface area contributed by atoms with Crippen LogP contribution in [0.1, 0.15) is 12.8 Å². The highest BCUT2D eigenvalue weighted by atomic mass is 16.6. The number of carbonyl (C=O) groups excluding carboxylic acids is 1. The van der Waals surface area contributed by atoms with E-state index < -0.39 is 0 Å². The number of aliphatic hydroxyl groups excluding tert-OH is 1. The summed E-state index contributed by atoms with van der Waals surface area (Å²) in [6.45, 7) is 1.78. The van der Waals surface area contributed by atoms with Gasteiger partial charge in [0.15, 0.2) is 0 Å². The van der Waals surface area contributed by atoms with E-state index in [1.807, 2.05) is 0 Å². The molecular formula is C8H16N2O3. The average molecular weight is 188 g/mol. The molecule has 76 valence electrons. The number of nitrogens with zero attached hydrogens (tertiary/aromatic N) is 1. The summed E-state index contributed by atoms with van der Waals surface area (Å²) >= 11 is 0. The van der Waals surface area contributed by atoms with E-state index in [1.165, 1.54) is 0 Å². The summed E-state index contributed by atoms with van der Waals surface area (Å²) in [6, 6.07) is 0. The van der Waals surface area contributed by atoms with Gasteiger partial charge in [-0.2, -0.15) is 0 Å². The van der Waals surface area contributed by atoms with Crippen LogP contribution in [0.2, 0.25) is 0 Å². The number of nitrogens with two attached hydrogens (primary N) is 1. The van der Waals surface area contributed by atoms with Crippen LogP contribution in [-0.2, 0) is 4.74 Å². The maximum absolute atomic E-state index is 11.1. The predicted molar refractivity (Wildman–Crippen MR) is 47.2 cm³/mol. The van der Waals surface area contributed by atoms with Gasteiger partial charge in [0.05, 0.1) is 6.54 Å². The molecule has 3 N–H and O–H groups in total. The average Bonchev–Trinajstić information content (AvgIpc) is 2.48. The number of hydrogen-bond donors (Lipinski definition) is 2. The van der Waals surface area contributed by atoms with Gasteiger partial charge in [-0.3, -0.25) is 0 Å². The molecular weight excluding hydrogens is 172 g/mol. The summed E-state index contributed by atoms with van der Waals surface area (Å²) in [6.07, 6.45) is 1.09. The lowest BCUT2D eigenvalue weighted by Gasteiger charge is -2.11. The van der Waals surface area contributed by atoms with Gasteiger partial charge in [0.1, 0.15) is 6.10 Å². The first-order valence-electron chi connectivity index (χ1n) is 4.54. The van der Waals surface area contributed by atoms with Crippen molar-refractivity contribution in [2.24, 2.45) is 5.73 Å². The smallest absolute Gasteiger partial charge is 0.410 e. The largest absolute Gasteiger partial charge is 0.443 e. The lowest BCUT2D eigenvalue weighted by Crippen LogP contribution is -2.28. The Morgan fingerprint density at radius 1 is 1.62 bits per heavy atom. The Morgan fingerprint density at radius 2 is 2.38 bits per heavy atom. The number of rotatable bonds is 5. The van der Waals surface area contributed by atoms with E-state index in [9.17, 15) is 4.79 Å². The van der Waals surface area contributed by atoms with E-state index in [1.54, 1.807) is 4.90 Å². The fraction of sp³-hybridized carbons (Fsp3) is 0.875. The molecule has 1 unspecified atom stereocenters. The van der Waals surface area contributed by atoms with Gasteiger partial charge in [0.25, 0.3) is 0 Å². The summed E-state index contributed by atoms with van der Waals surface area (Å²) in [5.41, 5.74) is 5.37. The second-order valence-electron chi connectivity index (χ2n) is 3.12. The van der Waals surface area contributed by atoms with Crippen molar-refractivity contribution in [3.63, 3.8) is 0 Å². The van der Waals surface area contributed by atoms with E-state index in [0.29, 0.717) is 19.6 Å². The van der Waals surface area contributed by atoms with Gasteiger partial charge < -0.3 is 20.5 Å². The molecule has 1 aliphatic heterocycles. The molecule has 0 aromatic heterocycles. The number of aliphatic hydroxyl groups is 1. The molecule has 5 heteroatoms. The third-order valence-corrected chi connectivity index (χ3v) is 2.05. The van der Waals surface area contributed by atoms with Gasteiger partial charge >= 0.3 is 6.09 Å². The van der Waals surface area contributed by atoms with Gasteiger partial charge in [0.2, 0.25) is 0 Å². The summed E-state index contributed by atoms with van der Waals surface area (Å²) in [5.74, 6) is 0. The van der Waals surface area contributed by atoms with Crippen molar-refractivity contribution < 1.29 is 14.6 Å². The van der Waals surface area contributed by atoms with Crippen LogP contribution in [0.15, 0.2) is 0 Å². The van der Waals surface area contributed by atoms with E-state index >= 15 is 0 Å². The SMILES string of the molecule is NCC1CN(CCCCO)C(=O)O1. The zero-order chi connectivity index (χ0) is 9.68. The Labute approximate surface area is 77.5 Å². The van der Waals surface area contributed by atoms with Crippen LogP contribution < -0.4 is 5.73 Å². The Kier molecular flexibility index (Phi) is 3.98. The minimum absolute atomic E-state index is 0.151. The molecule has 1 fully saturated rings. The van der Waals surface area contributed by atoms with Crippen LogP contribution in [0, 0.1) is 0 Å². The normalized spacial score (nSPS) is 22.2. The van der Waals surface area contributed by atoms with Gasteiger partial charge in [0, 0.05) is 19.7 Å². The van der Waals surface area contributed by atoms with Crippen LogP contribution in [0.25, 0.3) is 0 Å². The van der Waals surface area contributed by atoms with Gasteiger partial charge in [-0.1, -0.05) is 0 Å². The van der Waals surface area contributed by atoms with Gasteiger partial charge in [-0.15, -0.1) is 0 Å². The highest BCUT2D eigenvalue weighted by Crippen LogP contribution is 2.10. The van der Waals surface area contributed by atoms with Crippen molar-refractivity contribution in [3.8, 4) is 0 Å². The molecule has 13 heavy (non-hydrogen) atoms. The van der Waals surface area contributed by atoms with Crippen LogP contribution in [0.3, 0.4) is 0 Å². The second-order valence-corrected chi connectivity index (χ2v) is 3.12. The fourth-order valence-electron chi connectivity index (χ4n) is 1.29. The number of cyclic esters (lactones) is 1. The minimum Gasteiger partial charge on any atom is -0.443 e. The molecule has 1 amide bonds. The molecule has 0 aliphatic carbocycles. The Balaban J connectivity index is 2.23. The van der Waals surface area contributed by atoms with Gasteiger partial charge in [-0.05, 0) is 12.8 Å². The fourth-order valence-corrected chi connectivity index (χ4v) is 1.29. The van der Waals surface area contributed by atoms with Crippen LogP contribution >= 0.6 is 0 Å². The molecule has 0 spiro atoms. The summed E-state index contributed by atoms with van der Waals surface area (Å²) in [7, 11) is 0. The molecule has 0 aromatic carbocycles. The first-order valence-corrected chi connectivity index (χ1v) is 4.54. The number of unbranched alkanes of at least 4 members (excludes halogenated alkanes) is 1. The van der Waals surface area contributed by atoms with E-state index in [2.05, 4.69) is 0 Å². The van der Waals surface area contributed by atoms with Crippen LogP contribution in [0.4, 0.5) is 4.79 Å².